The summed E-state index contributed by atoms with van der Waals surface area (Å²) in [7, 11) is 0. The van der Waals surface area contributed by atoms with Crippen LogP contribution in [0.5, 0.6) is 0 Å². The predicted octanol–water partition coefficient (Wildman–Crippen LogP) is 1.61. The molecule has 1 heterocycles. The number of H-pyrrole nitrogens is 1. The Hall–Kier alpha value is -2.17. The molecule has 0 bridgehead atoms. The molecule has 94 valence electrons. The van der Waals surface area contributed by atoms with Crippen LogP contribution < -0.4 is 5.32 Å². The lowest BCUT2D eigenvalue weighted by Crippen LogP contribution is -2.24. The molecule has 0 aliphatic heterocycles. The number of hydrogen-bond acceptors (Lipinski definition) is 3. The molecule has 0 unspecified atom stereocenters. The van der Waals surface area contributed by atoms with E-state index in [1.54, 1.807) is 0 Å². The van der Waals surface area contributed by atoms with Crippen molar-refractivity contribution in [3.63, 3.8) is 0 Å². The third-order valence-electron chi connectivity index (χ3n) is 2.61. The SMILES string of the molecule is CCc1nc(C(=O)NCc2cccc(C)c2)n[nH]1. The van der Waals surface area contributed by atoms with Crippen LogP contribution >= 0.6 is 0 Å². The zero-order chi connectivity index (χ0) is 13.0. The van der Waals surface area contributed by atoms with Gasteiger partial charge in [-0.15, -0.1) is 5.10 Å². The number of amides is 1. The number of rotatable bonds is 4. The average Bonchev–Trinajstić information content (AvgIpc) is 2.85. The molecule has 2 N–H and O–H groups in total. The van der Waals surface area contributed by atoms with Crippen molar-refractivity contribution in [2.45, 2.75) is 26.8 Å². The van der Waals surface area contributed by atoms with E-state index in [9.17, 15) is 4.79 Å². The first-order valence-electron chi connectivity index (χ1n) is 5.94. The van der Waals surface area contributed by atoms with Crippen LogP contribution in [0.3, 0.4) is 0 Å². The summed E-state index contributed by atoms with van der Waals surface area (Å²) in [6.45, 7) is 4.46. The number of aromatic nitrogens is 3. The van der Waals surface area contributed by atoms with E-state index in [2.05, 4.69) is 20.5 Å². The first kappa shape index (κ1) is 12.3. The van der Waals surface area contributed by atoms with E-state index in [-0.39, 0.29) is 11.7 Å². The molecule has 0 saturated heterocycles. The highest BCUT2D eigenvalue weighted by Crippen LogP contribution is 2.03. The number of nitrogens with zero attached hydrogens (tertiary/aromatic N) is 2. The molecule has 0 atom stereocenters. The second-order valence-corrected chi connectivity index (χ2v) is 4.13. The van der Waals surface area contributed by atoms with Gasteiger partial charge in [0.05, 0.1) is 0 Å². The van der Waals surface area contributed by atoms with Gasteiger partial charge in [0, 0.05) is 13.0 Å². The molecule has 0 fully saturated rings. The van der Waals surface area contributed by atoms with Crippen molar-refractivity contribution in [2.24, 2.45) is 0 Å². The van der Waals surface area contributed by atoms with Crippen molar-refractivity contribution >= 4 is 5.91 Å². The third kappa shape index (κ3) is 2.94. The smallest absolute Gasteiger partial charge is 0.291 e. The van der Waals surface area contributed by atoms with Crippen LogP contribution in [0, 0.1) is 6.92 Å². The average molecular weight is 244 g/mol. The summed E-state index contributed by atoms with van der Waals surface area (Å²) < 4.78 is 0. The van der Waals surface area contributed by atoms with E-state index in [1.165, 1.54) is 5.56 Å². The third-order valence-corrected chi connectivity index (χ3v) is 2.61. The summed E-state index contributed by atoms with van der Waals surface area (Å²) in [6, 6.07) is 8.01. The fourth-order valence-corrected chi connectivity index (χ4v) is 1.64. The largest absolute Gasteiger partial charge is 0.345 e. The van der Waals surface area contributed by atoms with Gasteiger partial charge in [-0.3, -0.25) is 9.89 Å². The zero-order valence-electron chi connectivity index (χ0n) is 10.5. The maximum atomic E-state index is 11.8. The Morgan fingerprint density at radius 3 is 2.94 bits per heavy atom. The summed E-state index contributed by atoms with van der Waals surface area (Å²) in [4.78, 5) is 15.9. The number of aromatic amines is 1. The zero-order valence-corrected chi connectivity index (χ0v) is 10.5. The number of carbonyl (C=O) groups excluding carboxylic acids is 1. The predicted molar refractivity (Wildman–Crippen MR) is 68.1 cm³/mol. The van der Waals surface area contributed by atoms with Crippen LogP contribution in [0.15, 0.2) is 24.3 Å². The normalized spacial score (nSPS) is 10.3. The van der Waals surface area contributed by atoms with E-state index in [4.69, 9.17) is 0 Å². The van der Waals surface area contributed by atoms with Gasteiger partial charge >= 0.3 is 0 Å². The number of nitrogens with one attached hydrogen (secondary N) is 2. The molecular formula is C13H16N4O. The second-order valence-electron chi connectivity index (χ2n) is 4.13. The highest BCUT2D eigenvalue weighted by molar-refractivity contribution is 5.90. The quantitative estimate of drug-likeness (QED) is 0.858. The minimum Gasteiger partial charge on any atom is -0.345 e. The van der Waals surface area contributed by atoms with Gasteiger partial charge in [0.2, 0.25) is 5.82 Å². The summed E-state index contributed by atoms with van der Waals surface area (Å²) in [5.41, 5.74) is 2.24. The van der Waals surface area contributed by atoms with Crippen LogP contribution in [0.2, 0.25) is 0 Å². The van der Waals surface area contributed by atoms with Crippen LogP contribution in [0.1, 0.15) is 34.5 Å². The van der Waals surface area contributed by atoms with Gasteiger partial charge in [-0.2, -0.15) is 0 Å². The summed E-state index contributed by atoms with van der Waals surface area (Å²) in [6.07, 6.45) is 0.734. The Morgan fingerprint density at radius 1 is 1.44 bits per heavy atom. The minimum absolute atomic E-state index is 0.194. The van der Waals surface area contributed by atoms with Crippen molar-refractivity contribution in [2.75, 3.05) is 0 Å². The maximum Gasteiger partial charge on any atom is 0.291 e. The topological polar surface area (TPSA) is 70.7 Å². The van der Waals surface area contributed by atoms with Gasteiger partial charge in [0.1, 0.15) is 5.82 Å². The van der Waals surface area contributed by atoms with Crippen molar-refractivity contribution in [1.82, 2.24) is 20.5 Å². The molecule has 1 aromatic carbocycles. The summed E-state index contributed by atoms with van der Waals surface area (Å²) in [5, 5.41) is 9.39. The lowest BCUT2D eigenvalue weighted by molar-refractivity contribution is 0.0941. The van der Waals surface area contributed by atoms with Crippen LogP contribution in [-0.2, 0) is 13.0 Å². The monoisotopic (exact) mass is 244 g/mol. The Balaban J connectivity index is 1.96. The minimum atomic E-state index is -0.257. The van der Waals surface area contributed by atoms with Gasteiger partial charge in [-0.1, -0.05) is 36.8 Å². The molecule has 5 nitrogen and oxygen atoms in total. The van der Waals surface area contributed by atoms with E-state index in [1.807, 2.05) is 38.1 Å². The molecule has 1 aromatic heterocycles. The number of aryl methyl sites for hydroxylation is 2. The van der Waals surface area contributed by atoms with Crippen molar-refractivity contribution in [3.8, 4) is 0 Å². The first-order valence-corrected chi connectivity index (χ1v) is 5.94. The lowest BCUT2D eigenvalue weighted by atomic mass is 10.1. The van der Waals surface area contributed by atoms with Gasteiger partial charge in [-0.25, -0.2) is 4.98 Å². The fraction of sp³-hybridized carbons (Fsp3) is 0.308. The number of hydrogen-bond donors (Lipinski definition) is 2. The molecule has 0 aliphatic rings. The van der Waals surface area contributed by atoms with Crippen molar-refractivity contribution in [1.29, 1.82) is 0 Å². The lowest BCUT2D eigenvalue weighted by Gasteiger charge is -2.03. The molecule has 2 aromatic rings. The van der Waals surface area contributed by atoms with Gasteiger partial charge in [0.25, 0.3) is 5.91 Å². The van der Waals surface area contributed by atoms with Gasteiger partial charge < -0.3 is 5.32 Å². The molecule has 1 amide bonds. The Morgan fingerprint density at radius 2 is 2.28 bits per heavy atom. The van der Waals surface area contributed by atoms with E-state index < -0.39 is 0 Å². The molecule has 0 saturated carbocycles. The Labute approximate surface area is 106 Å². The molecule has 0 aliphatic carbocycles. The van der Waals surface area contributed by atoms with Crippen LogP contribution in [0.25, 0.3) is 0 Å². The standard InChI is InChI=1S/C13H16N4O/c1-3-11-15-12(17-16-11)13(18)14-8-10-6-4-5-9(2)7-10/h4-7H,3,8H2,1-2H3,(H,14,18)(H,15,16,17). The molecule has 2 rings (SSSR count). The summed E-state index contributed by atoms with van der Waals surface area (Å²) in [5.74, 6) is 0.655. The Kier molecular flexibility index (Phi) is 3.72. The number of benzene rings is 1. The van der Waals surface area contributed by atoms with E-state index >= 15 is 0 Å². The fourth-order valence-electron chi connectivity index (χ4n) is 1.64. The Bertz CT molecular complexity index is 547. The first-order chi connectivity index (χ1) is 8.69. The molecule has 0 radical (unpaired) electrons. The van der Waals surface area contributed by atoms with Gasteiger partial charge in [-0.05, 0) is 12.5 Å². The van der Waals surface area contributed by atoms with Crippen LogP contribution in [0.4, 0.5) is 0 Å². The molecule has 18 heavy (non-hydrogen) atoms. The number of carbonyl (C=O) groups is 1. The highest BCUT2D eigenvalue weighted by Gasteiger charge is 2.11. The highest BCUT2D eigenvalue weighted by atomic mass is 16.2. The maximum absolute atomic E-state index is 11.8. The van der Waals surface area contributed by atoms with E-state index in [0.29, 0.717) is 6.54 Å². The van der Waals surface area contributed by atoms with Crippen LogP contribution in [-0.4, -0.2) is 21.1 Å². The second kappa shape index (κ2) is 5.44. The van der Waals surface area contributed by atoms with Crippen molar-refractivity contribution < 1.29 is 4.79 Å². The van der Waals surface area contributed by atoms with Crippen molar-refractivity contribution in [3.05, 3.63) is 47.0 Å². The van der Waals surface area contributed by atoms with Gasteiger partial charge in [0.15, 0.2) is 0 Å². The van der Waals surface area contributed by atoms with E-state index in [0.717, 1.165) is 17.8 Å². The molecular weight excluding hydrogens is 228 g/mol. The molecule has 5 heteroatoms. The summed E-state index contributed by atoms with van der Waals surface area (Å²) >= 11 is 0. The molecule has 0 spiro atoms.